The summed E-state index contributed by atoms with van der Waals surface area (Å²) in [6, 6.07) is 6.49. The van der Waals surface area contributed by atoms with Crippen molar-refractivity contribution >= 4 is 45.8 Å². The third-order valence-electron chi connectivity index (χ3n) is 6.64. The lowest BCUT2D eigenvalue weighted by Gasteiger charge is -2.34. The second-order valence-corrected chi connectivity index (χ2v) is 10.5. The van der Waals surface area contributed by atoms with Gasteiger partial charge in [-0.2, -0.15) is 36.4 Å². The molecule has 1 amide bonds. The fourth-order valence-corrected chi connectivity index (χ4v) is 5.58. The van der Waals surface area contributed by atoms with Gasteiger partial charge in [0.05, 0.1) is 40.8 Å². The number of carboxylic acids is 1. The molecule has 216 valence electrons. The molecule has 1 saturated heterocycles. The molecule has 3 aromatic rings. The number of thioether (sulfide) groups is 1. The van der Waals surface area contributed by atoms with Gasteiger partial charge >= 0.3 is 18.3 Å². The van der Waals surface area contributed by atoms with E-state index >= 15 is 0 Å². The molecular weight excluding hydrogens is 576 g/mol. The minimum Gasteiger partial charge on any atom is -0.480 e. The van der Waals surface area contributed by atoms with Crippen LogP contribution in [0.25, 0.3) is 17.0 Å². The SMILES string of the molecule is O=C(O)CN1CCN(C2=NC(=O)C(=Cc3ccc4c(cnn4Cc4ccc(C(F)(F)F)cc4C(F)(F)F)c3)S2)CC1. The van der Waals surface area contributed by atoms with Gasteiger partial charge in [-0.1, -0.05) is 12.1 Å². The maximum absolute atomic E-state index is 13.6. The number of benzene rings is 2. The minimum atomic E-state index is -4.99. The normalized spacial score (nSPS) is 18.0. The Hall–Kier alpha value is -3.85. The Balaban J connectivity index is 1.31. The molecule has 2 aliphatic heterocycles. The molecule has 2 aliphatic rings. The first-order chi connectivity index (χ1) is 19.3. The van der Waals surface area contributed by atoms with Crippen LogP contribution in [-0.4, -0.2) is 74.5 Å². The van der Waals surface area contributed by atoms with Crippen LogP contribution in [0.3, 0.4) is 0 Å². The van der Waals surface area contributed by atoms with Crippen molar-refractivity contribution in [3.63, 3.8) is 0 Å². The third kappa shape index (κ3) is 6.40. The average molecular weight is 598 g/mol. The van der Waals surface area contributed by atoms with Crippen LogP contribution in [0.4, 0.5) is 26.3 Å². The molecule has 0 unspecified atom stereocenters. The quantitative estimate of drug-likeness (QED) is 0.334. The van der Waals surface area contributed by atoms with E-state index in [2.05, 4.69) is 10.1 Å². The zero-order valence-corrected chi connectivity index (χ0v) is 21.9. The van der Waals surface area contributed by atoms with Crippen LogP contribution in [0.15, 0.2) is 52.5 Å². The minimum absolute atomic E-state index is 0.0512. The number of hydrogen-bond acceptors (Lipinski definition) is 6. The van der Waals surface area contributed by atoms with Gasteiger partial charge in [0.25, 0.3) is 5.91 Å². The lowest BCUT2D eigenvalue weighted by Crippen LogP contribution is -2.49. The Morgan fingerprint density at radius 3 is 2.39 bits per heavy atom. The summed E-state index contributed by atoms with van der Waals surface area (Å²) in [4.78, 5) is 31.7. The number of hydrogen-bond donors (Lipinski definition) is 1. The first-order valence-electron chi connectivity index (χ1n) is 12.2. The summed E-state index contributed by atoms with van der Waals surface area (Å²) in [7, 11) is 0. The van der Waals surface area contributed by atoms with Crippen molar-refractivity contribution < 1.29 is 41.0 Å². The van der Waals surface area contributed by atoms with Crippen molar-refractivity contribution in [2.45, 2.75) is 18.9 Å². The van der Waals surface area contributed by atoms with E-state index in [1.54, 1.807) is 29.2 Å². The molecule has 3 heterocycles. The molecule has 15 heteroatoms. The highest BCUT2D eigenvalue weighted by atomic mass is 32.2. The fourth-order valence-electron chi connectivity index (χ4n) is 4.61. The maximum Gasteiger partial charge on any atom is 0.416 e. The van der Waals surface area contributed by atoms with E-state index < -0.39 is 41.9 Å². The molecule has 0 saturated carbocycles. The molecule has 1 fully saturated rings. The summed E-state index contributed by atoms with van der Waals surface area (Å²) in [5, 5.41) is 14.2. The number of halogens is 6. The van der Waals surface area contributed by atoms with Crippen molar-refractivity contribution in [2.75, 3.05) is 32.7 Å². The Labute approximate surface area is 232 Å². The Morgan fingerprint density at radius 1 is 1.00 bits per heavy atom. The van der Waals surface area contributed by atoms with Crippen LogP contribution in [0.1, 0.15) is 22.3 Å². The summed E-state index contributed by atoms with van der Waals surface area (Å²) in [6.45, 7) is 1.65. The number of carbonyl (C=O) groups excluding carboxylic acids is 1. The van der Waals surface area contributed by atoms with Crippen LogP contribution in [0, 0.1) is 0 Å². The van der Waals surface area contributed by atoms with E-state index in [4.69, 9.17) is 5.11 Å². The number of piperazine rings is 1. The van der Waals surface area contributed by atoms with E-state index in [1.807, 2.05) is 4.90 Å². The molecule has 1 aromatic heterocycles. The lowest BCUT2D eigenvalue weighted by atomic mass is 10.0. The third-order valence-corrected chi connectivity index (χ3v) is 7.68. The number of amides is 1. The predicted octanol–water partition coefficient (Wildman–Crippen LogP) is 4.79. The lowest BCUT2D eigenvalue weighted by molar-refractivity contribution is -0.143. The molecule has 0 bridgehead atoms. The summed E-state index contributed by atoms with van der Waals surface area (Å²) >= 11 is 1.20. The standard InChI is InChI=1S/C26H21F6N5O3S/c27-25(28,29)18-3-2-16(19(11-18)26(30,31)32)13-37-20-4-1-15(9-17(20)12-33-37)10-21-23(40)34-24(41-21)36-7-5-35(6-8-36)14-22(38)39/h1-4,9-12H,5-8,13-14H2,(H,38,39). The average Bonchev–Trinajstić information content (AvgIpc) is 3.45. The number of carboxylic acid groups (broad SMARTS) is 1. The molecule has 0 spiro atoms. The Morgan fingerprint density at radius 2 is 1.73 bits per heavy atom. The van der Waals surface area contributed by atoms with Crippen molar-refractivity contribution in [3.05, 3.63) is 69.8 Å². The van der Waals surface area contributed by atoms with Crippen molar-refractivity contribution in [2.24, 2.45) is 4.99 Å². The summed E-state index contributed by atoms with van der Waals surface area (Å²) in [5.41, 5.74) is -2.04. The van der Waals surface area contributed by atoms with Crippen LogP contribution in [-0.2, 0) is 28.5 Å². The van der Waals surface area contributed by atoms with Crippen LogP contribution in [0.2, 0.25) is 0 Å². The number of carbonyl (C=O) groups is 2. The highest BCUT2D eigenvalue weighted by Gasteiger charge is 2.38. The van der Waals surface area contributed by atoms with Gasteiger partial charge in [0.1, 0.15) is 0 Å². The molecule has 0 atom stereocenters. The Bertz CT molecular complexity index is 1570. The molecular formula is C26H21F6N5O3S. The van der Waals surface area contributed by atoms with E-state index in [0.717, 1.165) is 6.07 Å². The number of amidine groups is 1. The molecule has 5 rings (SSSR count). The topological polar surface area (TPSA) is 91.0 Å². The molecule has 0 radical (unpaired) electrons. The zero-order chi connectivity index (χ0) is 29.5. The summed E-state index contributed by atoms with van der Waals surface area (Å²) in [6.07, 6.45) is -6.84. The number of fused-ring (bicyclic) bond motifs is 1. The van der Waals surface area contributed by atoms with Gasteiger partial charge in [-0.25, -0.2) is 0 Å². The van der Waals surface area contributed by atoms with Gasteiger partial charge in [0.15, 0.2) is 5.17 Å². The maximum atomic E-state index is 13.6. The summed E-state index contributed by atoms with van der Waals surface area (Å²) in [5.74, 6) is -1.32. The number of nitrogens with zero attached hydrogens (tertiary/aromatic N) is 5. The highest BCUT2D eigenvalue weighted by Crippen LogP contribution is 2.38. The highest BCUT2D eigenvalue weighted by molar-refractivity contribution is 8.18. The number of aliphatic carboxylic acids is 1. The number of rotatable bonds is 5. The molecule has 0 aliphatic carbocycles. The van der Waals surface area contributed by atoms with E-state index in [-0.39, 0.29) is 18.2 Å². The first-order valence-corrected chi connectivity index (χ1v) is 13.0. The van der Waals surface area contributed by atoms with Gasteiger partial charge in [-0.3, -0.25) is 19.2 Å². The van der Waals surface area contributed by atoms with Gasteiger partial charge in [0, 0.05) is 31.6 Å². The first kappa shape index (κ1) is 28.7. The molecule has 1 N–H and O–H groups in total. The monoisotopic (exact) mass is 597 g/mol. The van der Waals surface area contributed by atoms with Gasteiger partial charge in [0.2, 0.25) is 0 Å². The van der Waals surface area contributed by atoms with Crippen LogP contribution >= 0.6 is 11.8 Å². The van der Waals surface area contributed by atoms with Crippen LogP contribution < -0.4 is 0 Å². The fraction of sp³-hybridized carbons (Fsp3) is 0.308. The van der Waals surface area contributed by atoms with Gasteiger partial charge in [-0.15, -0.1) is 0 Å². The second-order valence-electron chi connectivity index (χ2n) is 9.46. The molecule has 41 heavy (non-hydrogen) atoms. The van der Waals surface area contributed by atoms with E-state index in [1.165, 1.54) is 22.6 Å². The number of aromatic nitrogens is 2. The zero-order valence-electron chi connectivity index (χ0n) is 21.0. The van der Waals surface area contributed by atoms with E-state index in [0.29, 0.717) is 58.8 Å². The van der Waals surface area contributed by atoms with Gasteiger partial charge in [-0.05, 0) is 53.2 Å². The smallest absolute Gasteiger partial charge is 0.416 e. The predicted molar refractivity (Wildman–Crippen MR) is 139 cm³/mol. The van der Waals surface area contributed by atoms with Crippen molar-refractivity contribution in [1.29, 1.82) is 0 Å². The van der Waals surface area contributed by atoms with Crippen molar-refractivity contribution in [1.82, 2.24) is 19.6 Å². The number of aliphatic imine (C=N–C) groups is 1. The second kappa shape index (κ2) is 10.9. The number of alkyl halides is 6. The van der Waals surface area contributed by atoms with Gasteiger partial charge < -0.3 is 10.0 Å². The summed E-state index contributed by atoms with van der Waals surface area (Å²) < 4.78 is 81.0. The van der Waals surface area contributed by atoms with Crippen molar-refractivity contribution in [3.8, 4) is 0 Å². The Kier molecular flexibility index (Phi) is 7.59. The molecule has 8 nitrogen and oxygen atoms in total. The van der Waals surface area contributed by atoms with E-state index in [9.17, 15) is 35.9 Å². The largest absolute Gasteiger partial charge is 0.480 e. The van der Waals surface area contributed by atoms with Crippen LogP contribution in [0.5, 0.6) is 0 Å². The molecule has 2 aromatic carbocycles.